The SMILES string of the molecule is CC(C)C(N)CNc1c([N+](=O)[O-])cnc2ccc(Br)cc12. The summed E-state index contributed by atoms with van der Waals surface area (Å²) in [5.74, 6) is 0.288. The number of anilines is 1. The van der Waals surface area contributed by atoms with E-state index >= 15 is 0 Å². The van der Waals surface area contributed by atoms with Crippen molar-refractivity contribution in [3.8, 4) is 0 Å². The molecular formula is C14H17BrN4O2. The zero-order valence-corrected chi connectivity index (χ0v) is 13.4. The molecule has 0 fully saturated rings. The van der Waals surface area contributed by atoms with Gasteiger partial charge in [-0.2, -0.15) is 0 Å². The minimum absolute atomic E-state index is 0.0449. The molecule has 0 spiro atoms. The lowest BCUT2D eigenvalue weighted by Gasteiger charge is -2.17. The van der Waals surface area contributed by atoms with Crippen LogP contribution in [0.1, 0.15) is 13.8 Å². The summed E-state index contributed by atoms with van der Waals surface area (Å²) in [7, 11) is 0. The summed E-state index contributed by atoms with van der Waals surface area (Å²) >= 11 is 3.38. The van der Waals surface area contributed by atoms with E-state index in [2.05, 4.69) is 26.2 Å². The second-order valence-corrected chi connectivity index (χ2v) is 6.14. The molecule has 0 aliphatic carbocycles. The van der Waals surface area contributed by atoms with Crippen LogP contribution in [0.3, 0.4) is 0 Å². The van der Waals surface area contributed by atoms with Crippen LogP contribution in [-0.4, -0.2) is 22.5 Å². The zero-order chi connectivity index (χ0) is 15.6. The van der Waals surface area contributed by atoms with Gasteiger partial charge in [-0.15, -0.1) is 0 Å². The number of fused-ring (bicyclic) bond motifs is 1. The molecule has 1 aromatic carbocycles. The number of rotatable bonds is 5. The van der Waals surface area contributed by atoms with Crippen LogP contribution >= 0.6 is 15.9 Å². The molecule has 7 heteroatoms. The van der Waals surface area contributed by atoms with Crippen molar-refractivity contribution in [2.45, 2.75) is 19.9 Å². The molecule has 0 amide bonds. The van der Waals surface area contributed by atoms with E-state index in [0.29, 0.717) is 23.1 Å². The van der Waals surface area contributed by atoms with Gasteiger partial charge in [0.1, 0.15) is 11.9 Å². The van der Waals surface area contributed by atoms with Gasteiger partial charge < -0.3 is 11.1 Å². The number of hydrogen-bond donors (Lipinski definition) is 2. The molecule has 0 aliphatic rings. The summed E-state index contributed by atoms with van der Waals surface area (Å²) in [5, 5.41) is 15.0. The molecule has 0 aliphatic heterocycles. The third kappa shape index (κ3) is 3.48. The fourth-order valence-corrected chi connectivity index (χ4v) is 2.30. The largest absolute Gasteiger partial charge is 0.377 e. The Morgan fingerprint density at radius 2 is 2.19 bits per heavy atom. The van der Waals surface area contributed by atoms with Gasteiger partial charge in [-0.05, 0) is 24.1 Å². The lowest BCUT2D eigenvalue weighted by Crippen LogP contribution is -2.34. The van der Waals surface area contributed by atoms with Crippen molar-refractivity contribution in [3.05, 3.63) is 39.0 Å². The average molecular weight is 353 g/mol. The van der Waals surface area contributed by atoms with E-state index < -0.39 is 4.92 Å². The van der Waals surface area contributed by atoms with Gasteiger partial charge in [0.2, 0.25) is 0 Å². The number of benzene rings is 1. The van der Waals surface area contributed by atoms with Gasteiger partial charge >= 0.3 is 5.69 Å². The van der Waals surface area contributed by atoms with Crippen LogP contribution in [0.2, 0.25) is 0 Å². The summed E-state index contributed by atoms with van der Waals surface area (Å²) < 4.78 is 0.841. The minimum Gasteiger partial charge on any atom is -0.377 e. The molecule has 1 aromatic heterocycles. The van der Waals surface area contributed by atoms with Crippen molar-refractivity contribution in [1.29, 1.82) is 0 Å². The molecule has 3 N–H and O–H groups in total. The van der Waals surface area contributed by atoms with Crippen LogP contribution in [0.5, 0.6) is 0 Å². The molecule has 1 heterocycles. The summed E-state index contributed by atoms with van der Waals surface area (Å²) in [5.41, 5.74) is 7.12. The van der Waals surface area contributed by atoms with Crippen LogP contribution < -0.4 is 11.1 Å². The quantitative estimate of drug-likeness (QED) is 0.635. The Kier molecular flexibility index (Phi) is 4.74. The number of aromatic nitrogens is 1. The fourth-order valence-electron chi connectivity index (χ4n) is 1.93. The number of halogens is 1. The molecule has 21 heavy (non-hydrogen) atoms. The monoisotopic (exact) mass is 352 g/mol. The smallest absolute Gasteiger partial charge is 0.311 e. The lowest BCUT2D eigenvalue weighted by molar-refractivity contribution is -0.384. The van der Waals surface area contributed by atoms with Gasteiger partial charge in [-0.25, -0.2) is 4.98 Å². The molecule has 1 unspecified atom stereocenters. The molecule has 0 saturated carbocycles. The van der Waals surface area contributed by atoms with E-state index in [-0.39, 0.29) is 17.6 Å². The van der Waals surface area contributed by atoms with Crippen LogP contribution in [0.4, 0.5) is 11.4 Å². The molecule has 2 rings (SSSR count). The number of nitrogens with one attached hydrogen (secondary N) is 1. The van der Waals surface area contributed by atoms with Gasteiger partial charge in [0.25, 0.3) is 0 Å². The third-order valence-electron chi connectivity index (χ3n) is 3.38. The minimum atomic E-state index is -0.434. The van der Waals surface area contributed by atoms with Crippen molar-refractivity contribution >= 4 is 38.2 Å². The van der Waals surface area contributed by atoms with E-state index in [4.69, 9.17) is 5.73 Å². The fraction of sp³-hybridized carbons (Fsp3) is 0.357. The summed E-state index contributed by atoms with van der Waals surface area (Å²) in [6.45, 7) is 4.49. The second-order valence-electron chi connectivity index (χ2n) is 5.23. The standard InChI is InChI=1S/C14H17BrN4O2/c1-8(2)11(16)6-18-14-10-5-9(15)3-4-12(10)17-7-13(14)19(20)21/h3-5,7-8,11H,6,16H2,1-2H3,(H,17,18). The molecule has 0 bridgehead atoms. The molecule has 112 valence electrons. The van der Waals surface area contributed by atoms with Crippen LogP contribution in [0.15, 0.2) is 28.9 Å². The maximum Gasteiger partial charge on any atom is 0.311 e. The maximum atomic E-state index is 11.2. The molecule has 6 nitrogen and oxygen atoms in total. The van der Waals surface area contributed by atoms with Gasteiger partial charge in [-0.1, -0.05) is 29.8 Å². The topological polar surface area (TPSA) is 94.1 Å². The first-order chi connectivity index (χ1) is 9.90. The third-order valence-corrected chi connectivity index (χ3v) is 3.87. The number of nitro groups is 1. The van der Waals surface area contributed by atoms with Crippen LogP contribution in [0, 0.1) is 16.0 Å². The van der Waals surface area contributed by atoms with Crippen LogP contribution in [-0.2, 0) is 0 Å². The summed E-state index contributed by atoms with van der Waals surface area (Å²) in [6, 6.07) is 5.40. The molecule has 0 radical (unpaired) electrons. The maximum absolute atomic E-state index is 11.2. The van der Waals surface area contributed by atoms with E-state index in [9.17, 15) is 10.1 Å². The highest BCUT2D eigenvalue weighted by atomic mass is 79.9. The predicted molar refractivity (Wildman–Crippen MR) is 87.4 cm³/mol. The Bertz CT molecular complexity index is 675. The van der Waals surface area contributed by atoms with Gasteiger partial charge in [0.15, 0.2) is 0 Å². The van der Waals surface area contributed by atoms with E-state index in [0.717, 1.165) is 4.47 Å². The first-order valence-corrected chi connectivity index (χ1v) is 7.41. The van der Waals surface area contributed by atoms with Crippen molar-refractivity contribution in [2.75, 3.05) is 11.9 Å². The van der Waals surface area contributed by atoms with Crippen molar-refractivity contribution in [2.24, 2.45) is 11.7 Å². The highest BCUT2D eigenvalue weighted by Crippen LogP contribution is 2.33. The van der Waals surface area contributed by atoms with Gasteiger partial charge in [-0.3, -0.25) is 10.1 Å². The number of pyridine rings is 1. The first-order valence-electron chi connectivity index (χ1n) is 6.62. The second kappa shape index (κ2) is 6.36. The molecule has 2 aromatic rings. The van der Waals surface area contributed by atoms with Crippen molar-refractivity contribution in [1.82, 2.24) is 4.98 Å². The normalized spacial score (nSPS) is 12.6. The first kappa shape index (κ1) is 15.7. The Labute approximate surface area is 131 Å². The van der Waals surface area contributed by atoms with Crippen molar-refractivity contribution in [3.63, 3.8) is 0 Å². The highest BCUT2D eigenvalue weighted by Gasteiger charge is 2.19. The van der Waals surface area contributed by atoms with Crippen LogP contribution in [0.25, 0.3) is 10.9 Å². The van der Waals surface area contributed by atoms with Gasteiger partial charge in [0, 0.05) is 22.4 Å². The summed E-state index contributed by atoms with van der Waals surface area (Å²) in [4.78, 5) is 14.9. The Balaban J connectivity index is 2.48. The van der Waals surface area contributed by atoms with Gasteiger partial charge in [0.05, 0.1) is 10.4 Å². The molecular weight excluding hydrogens is 336 g/mol. The summed E-state index contributed by atoms with van der Waals surface area (Å²) in [6.07, 6.45) is 1.28. The Hall–Kier alpha value is -1.73. The predicted octanol–water partition coefficient (Wildman–Crippen LogP) is 3.30. The lowest BCUT2D eigenvalue weighted by atomic mass is 10.1. The number of nitrogens with two attached hydrogens (primary N) is 1. The highest BCUT2D eigenvalue weighted by molar-refractivity contribution is 9.10. The Morgan fingerprint density at radius 1 is 1.48 bits per heavy atom. The van der Waals surface area contributed by atoms with Crippen molar-refractivity contribution < 1.29 is 4.92 Å². The molecule has 0 saturated heterocycles. The average Bonchev–Trinajstić information content (AvgIpc) is 2.43. The Morgan fingerprint density at radius 3 is 2.81 bits per heavy atom. The van der Waals surface area contributed by atoms with E-state index in [1.54, 1.807) is 0 Å². The molecule has 1 atom stereocenters. The zero-order valence-electron chi connectivity index (χ0n) is 11.8. The number of hydrogen-bond acceptors (Lipinski definition) is 5. The van der Waals surface area contributed by atoms with E-state index in [1.807, 2.05) is 32.0 Å². The van der Waals surface area contributed by atoms with E-state index in [1.165, 1.54) is 6.20 Å². The number of nitrogens with zero attached hydrogens (tertiary/aromatic N) is 2.